The summed E-state index contributed by atoms with van der Waals surface area (Å²) in [6.07, 6.45) is 0.828. The van der Waals surface area contributed by atoms with Crippen molar-refractivity contribution in [2.45, 2.75) is 26.8 Å². The average Bonchev–Trinajstić information content (AvgIpc) is 2.52. The van der Waals surface area contributed by atoms with E-state index in [-0.39, 0.29) is 0 Å². The van der Waals surface area contributed by atoms with Crippen LogP contribution in [0.4, 0.5) is 5.82 Å². The van der Waals surface area contributed by atoms with Gasteiger partial charge in [-0.05, 0) is 23.6 Å². The first-order chi connectivity index (χ1) is 10.6. The predicted octanol–water partition coefficient (Wildman–Crippen LogP) is 3.30. The zero-order valence-electron chi connectivity index (χ0n) is 13.6. The van der Waals surface area contributed by atoms with Gasteiger partial charge >= 0.3 is 0 Å². The molecule has 1 aromatic heterocycles. The number of nitrogens with zero attached hydrogens (tertiary/aromatic N) is 2. The number of methoxy groups -OCH3 is 2. The smallest absolute Gasteiger partial charge is 0.218 e. The normalized spacial score (nSPS) is 10.6. The Morgan fingerprint density at radius 2 is 1.77 bits per heavy atom. The summed E-state index contributed by atoms with van der Waals surface area (Å²) in [5, 5.41) is 3.31. The van der Waals surface area contributed by atoms with Gasteiger partial charge < -0.3 is 14.8 Å². The molecule has 118 valence electrons. The number of benzene rings is 1. The maximum absolute atomic E-state index is 5.25. The fourth-order valence-corrected chi connectivity index (χ4v) is 2.06. The van der Waals surface area contributed by atoms with Gasteiger partial charge in [0.1, 0.15) is 17.4 Å². The van der Waals surface area contributed by atoms with Gasteiger partial charge in [0.2, 0.25) is 5.88 Å². The number of hydrogen-bond acceptors (Lipinski definition) is 5. The summed E-state index contributed by atoms with van der Waals surface area (Å²) in [6.45, 7) is 4.98. The Morgan fingerprint density at radius 3 is 2.36 bits per heavy atom. The van der Waals surface area contributed by atoms with Crippen LogP contribution in [0.25, 0.3) is 0 Å². The van der Waals surface area contributed by atoms with Gasteiger partial charge in [0.05, 0.1) is 14.2 Å². The number of rotatable bonds is 7. The summed E-state index contributed by atoms with van der Waals surface area (Å²) in [4.78, 5) is 8.92. The number of hydrogen-bond donors (Lipinski definition) is 1. The summed E-state index contributed by atoms with van der Waals surface area (Å²) in [6, 6.07) is 9.76. The lowest BCUT2D eigenvalue weighted by molar-refractivity contribution is 0.394. The topological polar surface area (TPSA) is 56.3 Å². The summed E-state index contributed by atoms with van der Waals surface area (Å²) in [5.41, 5.74) is 1.16. The van der Waals surface area contributed by atoms with Crippen molar-refractivity contribution in [3.8, 4) is 11.6 Å². The molecule has 22 heavy (non-hydrogen) atoms. The first kappa shape index (κ1) is 16.1. The van der Waals surface area contributed by atoms with E-state index < -0.39 is 0 Å². The van der Waals surface area contributed by atoms with Crippen LogP contribution in [0.2, 0.25) is 0 Å². The van der Waals surface area contributed by atoms with Crippen molar-refractivity contribution in [2.75, 3.05) is 19.5 Å². The van der Waals surface area contributed by atoms with Crippen molar-refractivity contribution in [1.82, 2.24) is 9.97 Å². The van der Waals surface area contributed by atoms with Crippen molar-refractivity contribution in [3.05, 3.63) is 41.7 Å². The molecule has 5 heteroatoms. The molecule has 1 N–H and O–H groups in total. The minimum atomic E-state index is 0.501. The SMILES string of the molecule is COc1ccc(CNc2cc(OC)nc(CC(C)C)n2)cc1. The number of nitrogens with one attached hydrogen (secondary N) is 1. The lowest BCUT2D eigenvalue weighted by atomic mass is 10.1. The number of ether oxygens (including phenoxy) is 2. The van der Waals surface area contributed by atoms with Crippen LogP contribution in [0, 0.1) is 5.92 Å². The Bertz CT molecular complexity index is 597. The van der Waals surface area contributed by atoms with Crippen LogP contribution in [0.3, 0.4) is 0 Å². The van der Waals surface area contributed by atoms with Crippen molar-refractivity contribution in [3.63, 3.8) is 0 Å². The van der Waals surface area contributed by atoms with Crippen molar-refractivity contribution in [2.24, 2.45) is 5.92 Å². The standard InChI is InChI=1S/C17H23N3O2/c1-12(2)9-16-19-15(10-17(20-16)22-4)18-11-13-5-7-14(21-3)8-6-13/h5-8,10,12H,9,11H2,1-4H3,(H,18,19,20). The van der Waals surface area contributed by atoms with E-state index in [2.05, 4.69) is 29.1 Å². The molecule has 0 spiro atoms. The van der Waals surface area contributed by atoms with E-state index in [1.54, 1.807) is 14.2 Å². The molecule has 0 aliphatic rings. The molecule has 0 fully saturated rings. The van der Waals surface area contributed by atoms with Gasteiger partial charge in [-0.25, -0.2) is 4.98 Å². The Labute approximate surface area is 131 Å². The van der Waals surface area contributed by atoms with Gasteiger partial charge in [-0.15, -0.1) is 0 Å². The summed E-state index contributed by atoms with van der Waals surface area (Å²) < 4.78 is 10.4. The molecule has 0 saturated heterocycles. The second kappa shape index (κ2) is 7.64. The van der Waals surface area contributed by atoms with E-state index in [1.807, 2.05) is 30.3 Å². The molecule has 2 aromatic rings. The van der Waals surface area contributed by atoms with Crippen LogP contribution in [0.1, 0.15) is 25.2 Å². The summed E-state index contributed by atoms with van der Waals surface area (Å²) in [5.74, 6) is 3.51. The third-order valence-corrected chi connectivity index (χ3v) is 3.18. The summed E-state index contributed by atoms with van der Waals surface area (Å²) in [7, 11) is 3.28. The van der Waals surface area contributed by atoms with Crippen molar-refractivity contribution in [1.29, 1.82) is 0 Å². The van der Waals surface area contributed by atoms with Crippen LogP contribution in [-0.2, 0) is 13.0 Å². The zero-order chi connectivity index (χ0) is 15.9. The first-order valence-corrected chi connectivity index (χ1v) is 7.39. The van der Waals surface area contributed by atoms with E-state index in [0.29, 0.717) is 18.3 Å². The Morgan fingerprint density at radius 1 is 1.05 bits per heavy atom. The second-order valence-electron chi connectivity index (χ2n) is 5.51. The molecule has 0 radical (unpaired) electrons. The molecular weight excluding hydrogens is 278 g/mol. The van der Waals surface area contributed by atoms with Gasteiger partial charge in [0.15, 0.2) is 0 Å². The lowest BCUT2D eigenvalue weighted by Crippen LogP contribution is -2.07. The highest BCUT2D eigenvalue weighted by atomic mass is 16.5. The van der Waals surface area contributed by atoms with E-state index in [4.69, 9.17) is 9.47 Å². The van der Waals surface area contributed by atoms with Gasteiger partial charge in [0, 0.05) is 19.0 Å². The van der Waals surface area contributed by atoms with E-state index in [0.717, 1.165) is 29.4 Å². The molecule has 0 atom stereocenters. The van der Waals surface area contributed by atoms with Crippen molar-refractivity contribution < 1.29 is 9.47 Å². The molecule has 0 aliphatic heterocycles. The fraction of sp³-hybridized carbons (Fsp3) is 0.412. The minimum absolute atomic E-state index is 0.501. The first-order valence-electron chi connectivity index (χ1n) is 7.39. The monoisotopic (exact) mass is 301 g/mol. The minimum Gasteiger partial charge on any atom is -0.497 e. The lowest BCUT2D eigenvalue weighted by Gasteiger charge is -2.11. The predicted molar refractivity (Wildman–Crippen MR) is 87.4 cm³/mol. The average molecular weight is 301 g/mol. The molecule has 0 amide bonds. The molecule has 2 rings (SSSR count). The van der Waals surface area contributed by atoms with Gasteiger partial charge in [-0.1, -0.05) is 26.0 Å². The maximum atomic E-state index is 5.25. The maximum Gasteiger partial charge on any atom is 0.218 e. The zero-order valence-corrected chi connectivity index (χ0v) is 13.6. The molecule has 1 heterocycles. The molecular formula is C17H23N3O2. The molecule has 0 saturated carbocycles. The fourth-order valence-electron chi connectivity index (χ4n) is 2.06. The van der Waals surface area contributed by atoms with Crippen LogP contribution in [0.5, 0.6) is 11.6 Å². The Balaban J connectivity index is 2.07. The van der Waals surface area contributed by atoms with Crippen LogP contribution in [-0.4, -0.2) is 24.2 Å². The van der Waals surface area contributed by atoms with Gasteiger partial charge in [-0.3, -0.25) is 0 Å². The Hall–Kier alpha value is -2.30. The van der Waals surface area contributed by atoms with E-state index >= 15 is 0 Å². The number of aromatic nitrogens is 2. The third kappa shape index (κ3) is 4.62. The Kier molecular flexibility index (Phi) is 5.58. The van der Waals surface area contributed by atoms with Gasteiger partial charge in [-0.2, -0.15) is 4.98 Å². The van der Waals surface area contributed by atoms with Crippen LogP contribution in [0.15, 0.2) is 30.3 Å². The molecule has 1 aromatic carbocycles. The highest BCUT2D eigenvalue weighted by molar-refractivity contribution is 5.40. The highest BCUT2D eigenvalue weighted by Gasteiger charge is 2.07. The van der Waals surface area contributed by atoms with Crippen molar-refractivity contribution >= 4 is 5.82 Å². The van der Waals surface area contributed by atoms with E-state index in [9.17, 15) is 0 Å². The number of anilines is 1. The summed E-state index contributed by atoms with van der Waals surface area (Å²) >= 11 is 0. The van der Waals surface area contributed by atoms with Crippen LogP contribution < -0.4 is 14.8 Å². The molecule has 0 aliphatic carbocycles. The highest BCUT2D eigenvalue weighted by Crippen LogP contribution is 2.17. The largest absolute Gasteiger partial charge is 0.497 e. The molecule has 0 bridgehead atoms. The second-order valence-corrected chi connectivity index (χ2v) is 5.51. The third-order valence-electron chi connectivity index (χ3n) is 3.18. The molecule has 0 unspecified atom stereocenters. The van der Waals surface area contributed by atoms with Crippen LogP contribution >= 0.6 is 0 Å². The van der Waals surface area contributed by atoms with Gasteiger partial charge in [0.25, 0.3) is 0 Å². The van der Waals surface area contributed by atoms with E-state index in [1.165, 1.54) is 0 Å². The quantitative estimate of drug-likeness (QED) is 0.850. The molecule has 5 nitrogen and oxygen atoms in total.